The van der Waals surface area contributed by atoms with Gasteiger partial charge in [-0.3, -0.25) is 4.99 Å². The molecule has 2 rings (SSSR count). The predicted octanol–water partition coefficient (Wildman–Crippen LogP) is 3.59. The standard InChI is InChI=1S/C19H32N4OS.HI/c1-4-20-19(21-12-7-8-14-25-3)22-16-11-13-23(15-16)17-9-5-6-10-18(17)24-2;/h5-6,9-10,16H,4,7-8,11-15H2,1-3H3,(H2,20,21,22);1H. The summed E-state index contributed by atoms with van der Waals surface area (Å²) < 4.78 is 5.50. The fourth-order valence-electron chi connectivity index (χ4n) is 3.05. The van der Waals surface area contributed by atoms with Crippen molar-refractivity contribution in [3.63, 3.8) is 0 Å². The average molecular weight is 492 g/mol. The van der Waals surface area contributed by atoms with Gasteiger partial charge in [0.05, 0.1) is 12.8 Å². The summed E-state index contributed by atoms with van der Waals surface area (Å²) in [6.07, 6.45) is 5.64. The maximum atomic E-state index is 5.50. The van der Waals surface area contributed by atoms with Crippen LogP contribution in [-0.4, -0.2) is 57.3 Å². The number of benzene rings is 1. The van der Waals surface area contributed by atoms with Crippen molar-refractivity contribution in [2.45, 2.75) is 32.2 Å². The van der Waals surface area contributed by atoms with Gasteiger partial charge < -0.3 is 20.3 Å². The number of guanidine groups is 1. The van der Waals surface area contributed by atoms with Gasteiger partial charge in [0.15, 0.2) is 5.96 Å². The van der Waals surface area contributed by atoms with Gasteiger partial charge in [-0.05, 0) is 50.3 Å². The second-order valence-corrected chi connectivity index (χ2v) is 7.19. The number of hydrogen-bond donors (Lipinski definition) is 2. The zero-order valence-corrected chi connectivity index (χ0v) is 19.3. The first kappa shape index (κ1) is 23.2. The van der Waals surface area contributed by atoms with Crippen molar-refractivity contribution in [1.82, 2.24) is 10.6 Å². The minimum atomic E-state index is 0. The Balaban J connectivity index is 0.00000338. The van der Waals surface area contributed by atoms with Crippen molar-refractivity contribution in [2.75, 3.05) is 50.2 Å². The third-order valence-corrected chi connectivity index (χ3v) is 5.02. The molecule has 26 heavy (non-hydrogen) atoms. The maximum Gasteiger partial charge on any atom is 0.191 e. The topological polar surface area (TPSA) is 48.9 Å². The van der Waals surface area contributed by atoms with Gasteiger partial charge in [0.1, 0.15) is 5.75 Å². The molecule has 2 N–H and O–H groups in total. The number of methoxy groups -OCH3 is 1. The van der Waals surface area contributed by atoms with E-state index in [1.165, 1.54) is 17.9 Å². The number of thioether (sulfide) groups is 1. The monoisotopic (exact) mass is 492 g/mol. The van der Waals surface area contributed by atoms with Crippen LogP contribution in [0.25, 0.3) is 0 Å². The lowest BCUT2D eigenvalue weighted by atomic mass is 10.2. The lowest BCUT2D eigenvalue weighted by Gasteiger charge is -2.22. The molecule has 1 aromatic rings. The van der Waals surface area contributed by atoms with Crippen LogP contribution >= 0.6 is 35.7 Å². The van der Waals surface area contributed by atoms with E-state index in [0.717, 1.165) is 50.7 Å². The summed E-state index contributed by atoms with van der Waals surface area (Å²) in [7, 11) is 1.73. The second kappa shape index (κ2) is 13.4. The van der Waals surface area contributed by atoms with Gasteiger partial charge in [-0.2, -0.15) is 11.8 Å². The normalized spacial score (nSPS) is 17.0. The number of unbranched alkanes of at least 4 members (excludes halogenated alkanes) is 1. The Hall–Kier alpha value is -0.830. The molecule has 0 aliphatic carbocycles. The minimum Gasteiger partial charge on any atom is -0.495 e. The van der Waals surface area contributed by atoms with Gasteiger partial charge in [-0.1, -0.05) is 12.1 Å². The molecule has 1 saturated heterocycles. The lowest BCUT2D eigenvalue weighted by molar-refractivity contribution is 0.415. The number of para-hydroxylation sites is 2. The molecular weight excluding hydrogens is 459 g/mol. The molecule has 0 amide bonds. The number of aliphatic imine (C=N–C) groups is 1. The van der Waals surface area contributed by atoms with E-state index in [1.54, 1.807) is 7.11 Å². The molecule has 0 saturated carbocycles. The Labute approximate surface area is 179 Å². The maximum absolute atomic E-state index is 5.50. The number of anilines is 1. The van der Waals surface area contributed by atoms with Crippen molar-refractivity contribution < 1.29 is 4.74 Å². The van der Waals surface area contributed by atoms with E-state index >= 15 is 0 Å². The number of nitrogens with zero attached hydrogens (tertiary/aromatic N) is 2. The summed E-state index contributed by atoms with van der Waals surface area (Å²) in [6, 6.07) is 8.65. The van der Waals surface area contributed by atoms with Gasteiger partial charge in [0.2, 0.25) is 0 Å². The van der Waals surface area contributed by atoms with Crippen molar-refractivity contribution in [2.24, 2.45) is 4.99 Å². The number of hydrogen-bond acceptors (Lipinski definition) is 4. The highest BCUT2D eigenvalue weighted by Gasteiger charge is 2.25. The van der Waals surface area contributed by atoms with Gasteiger partial charge >= 0.3 is 0 Å². The van der Waals surface area contributed by atoms with Gasteiger partial charge in [-0.15, -0.1) is 24.0 Å². The first-order chi connectivity index (χ1) is 12.3. The molecule has 0 radical (unpaired) electrons. The Bertz CT molecular complexity index is 544. The van der Waals surface area contributed by atoms with E-state index in [9.17, 15) is 0 Å². The summed E-state index contributed by atoms with van der Waals surface area (Å²) >= 11 is 1.90. The van der Waals surface area contributed by atoms with Gasteiger partial charge in [0, 0.05) is 32.2 Å². The molecule has 1 aromatic carbocycles. The Kier molecular flexibility index (Phi) is 11.9. The van der Waals surface area contributed by atoms with E-state index in [-0.39, 0.29) is 24.0 Å². The highest BCUT2D eigenvalue weighted by Crippen LogP contribution is 2.30. The van der Waals surface area contributed by atoms with Crippen molar-refractivity contribution in [1.29, 1.82) is 0 Å². The zero-order valence-electron chi connectivity index (χ0n) is 16.2. The molecule has 1 atom stereocenters. The number of nitrogens with one attached hydrogen (secondary N) is 2. The van der Waals surface area contributed by atoms with E-state index in [4.69, 9.17) is 9.73 Å². The summed E-state index contributed by atoms with van der Waals surface area (Å²) in [5.74, 6) is 3.10. The van der Waals surface area contributed by atoms with Crippen molar-refractivity contribution in [3.05, 3.63) is 24.3 Å². The molecule has 1 aliphatic heterocycles. The molecule has 1 aliphatic rings. The van der Waals surface area contributed by atoms with E-state index in [1.807, 2.05) is 23.9 Å². The van der Waals surface area contributed by atoms with Crippen molar-refractivity contribution >= 4 is 47.4 Å². The van der Waals surface area contributed by atoms with Gasteiger partial charge in [-0.25, -0.2) is 0 Å². The third kappa shape index (κ3) is 7.42. The van der Waals surface area contributed by atoms with E-state index < -0.39 is 0 Å². The Morgan fingerprint density at radius 3 is 2.88 bits per heavy atom. The van der Waals surface area contributed by atoms with Crippen LogP contribution in [0, 0.1) is 0 Å². The largest absolute Gasteiger partial charge is 0.495 e. The summed E-state index contributed by atoms with van der Waals surface area (Å²) in [4.78, 5) is 7.11. The van der Waals surface area contributed by atoms with Crippen molar-refractivity contribution in [3.8, 4) is 5.75 Å². The molecule has 1 heterocycles. The molecule has 0 aromatic heterocycles. The van der Waals surface area contributed by atoms with Gasteiger partial charge in [0.25, 0.3) is 0 Å². The molecule has 148 valence electrons. The molecule has 1 fully saturated rings. The first-order valence-corrected chi connectivity index (χ1v) is 10.6. The molecule has 5 nitrogen and oxygen atoms in total. The van der Waals surface area contributed by atoms with Crippen LogP contribution in [0.1, 0.15) is 26.2 Å². The zero-order chi connectivity index (χ0) is 17.9. The lowest BCUT2D eigenvalue weighted by Crippen LogP contribution is -2.44. The van der Waals surface area contributed by atoms with Crippen LogP contribution in [-0.2, 0) is 0 Å². The Morgan fingerprint density at radius 1 is 1.35 bits per heavy atom. The first-order valence-electron chi connectivity index (χ1n) is 9.20. The van der Waals surface area contributed by atoms with Crippen LogP contribution < -0.4 is 20.3 Å². The molecule has 0 bridgehead atoms. The number of rotatable bonds is 9. The van der Waals surface area contributed by atoms with Crippen LogP contribution in [0.5, 0.6) is 5.75 Å². The number of halogens is 1. The van der Waals surface area contributed by atoms with Crippen LogP contribution in [0.3, 0.4) is 0 Å². The Morgan fingerprint density at radius 2 is 2.15 bits per heavy atom. The average Bonchev–Trinajstić information content (AvgIpc) is 3.10. The molecule has 1 unspecified atom stereocenters. The smallest absolute Gasteiger partial charge is 0.191 e. The van der Waals surface area contributed by atoms with Crippen LogP contribution in [0.15, 0.2) is 29.3 Å². The molecular formula is C19H33IN4OS. The molecule has 0 spiro atoms. The summed E-state index contributed by atoms with van der Waals surface area (Å²) in [6.45, 7) is 5.89. The highest BCUT2D eigenvalue weighted by atomic mass is 127. The second-order valence-electron chi connectivity index (χ2n) is 6.21. The fourth-order valence-corrected chi connectivity index (χ4v) is 3.54. The fraction of sp³-hybridized carbons (Fsp3) is 0.632. The van der Waals surface area contributed by atoms with Crippen LogP contribution in [0.4, 0.5) is 5.69 Å². The minimum absolute atomic E-state index is 0. The van der Waals surface area contributed by atoms with E-state index in [0.29, 0.717) is 6.04 Å². The SMILES string of the molecule is CCNC(=NCCCCSC)NC1CCN(c2ccccc2OC)C1.I. The summed E-state index contributed by atoms with van der Waals surface area (Å²) in [5.41, 5.74) is 1.17. The van der Waals surface area contributed by atoms with E-state index in [2.05, 4.69) is 40.8 Å². The summed E-state index contributed by atoms with van der Waals surface area (Å²) in [5, 5.41) is 6.96. The predicted molar refractivity (Wildman–Crippen MR) is 126 cm³/mol. The van der Waals surface area contributed by atoms with Crippen LogP contribution in [0.2, 0.25) is 0 Å². The molecule has 7 heteroatoms. The highest BCUT2D eigenvalue weighted by molar-refractivity contribution is 14.0. The third-order valence-electron chi connectivity index (χ3n) is 4.33. The number of ether oxygens (including phenoxy) is 1. The quantitative estimate of drug-likeness (QED) is 0.239.